The highest BCUT2D eigenvalue weighted by atomic mass is 15.0. The Kier molecular flexibility index (Phi) is 3.41. The molecule has 2 aromatic heterocycles. The van der Waals surface area contributed by atoms with Gasteiger partial charge in [-0.3, -0.25) is 0 Å². The van der Waals surface area contributed by atoms with Crippen LogP contribution in [0.4, 0.5) is 0 Å². The number of hydrogen-bond donors (Lipinski definition) is 2. The van der Waals surface area contributed by atoms with E-state index in [4.69, 9.17) is 0 Å². The van der Waals surface area contributed by atoms with E-state index in [1.165, 1.54) is 27.4 Å². The molecular formula is C19H19N3. The molecule has 2 aromatic carbocycles. The van der Waals surface area contributed by atoms with Crippen molar-refractivity contribution in [3.8, 4) is 0 Å². The fourth-order valence-corrected chi connectivity index (χ4v) is 3.04. The lowest BCUT2D eigenvalue weighted by atomic mass is 10.2. The molecule has 3 heteroatoms. The van der Waals surface area contributed by atoms with Crippen molar-refractivity contribution in [2.75, 3.05) is 6.54 Å². The Hall–Kier alpha value is -2.52. The molecule has 0 fully saturated rings. The van der Waals surface area contributed by atoms with Crippen molar-refractivity contribution in [1.82, 2.24) is 14.9 Å². The van der Waals surface area contributed by atoms with E-state index in [1.54, 1.807) is 0 Å². The van der Waals surface area contributed by atoms with E-state index in [-0.39, 0.29) is 0 Å². The van der Waals surface area contributed by atoms with Gasteiger partial charge in [-0.15, -0.1) is 0 Å². The summed E-state index contributed by atoms with van der Waals surface area (Å²) in [6, 6.07) is 19.1. The Morgan fingerprint density at radius 1 is 0.955 bits per heavy atom. The van der Waals surface area contributed by atoms with E-state index in [0.29, 0.717) is 0 Å². The zero-order valence-electron chi connectivity index (χ0n) is 12.4. The second-order valence-electron chi connectivity index (χ2n) is 5.60. The number of hydrogen-bond acceptors (Lipinski definition) is 1. The van der Waals surface area contributed by atoms with Crippen molar-refractivity contribution in [2.45, 2.75) is 13.1 Å². The minimum Gasteiger partial charge on any atom is -0.361 e. The third kappa shape index (κ3) is 2.40. The summed E-state index contributed by atoms with van der Waals surface area (Å²) in [7, 11) is 0. The molecule has 0 atom stereocenters. The van der Waals surface area contributed by atoms with E-state index >= 15 is 0 Å². The number of aromatic amines is 1. The average Bonchev–Trinajstić information content (AvgIpc) is 3.16. The molecule has 0 unspecified atom stereocenters. The first-order valence-corrected chi connectivity index (χ1v) is 7.71. The molecule has 4 rings (SSSR count). The van der Waals surface area contributed by atoms with Crippen molar-refractivity contribution < 1.29 is 0 Å². The van der Waals surface area contributed by atoms with Gasteiger partial charge in [-0.25, -0.2) is 0 Å². The molecule has 0 spiro atoms. The van der Waals surface area contributed by atoms with Gasteiger partial charge >= 0.3 is 0 Å². The summed E-state index contributed by atoms with van der Waals surface area (Å²) in [6.07, 6.45) is 4.26. The Balaban J connectivity index is 1.39. The second-order valence-corrected chi connectivity index (χ2v) is 5.60. The minimum atomic E-state index is 0.892. The first kappa shape index (κ1) is 13.2. The Morgan fingerprint density at radius 2 is 1.82 bits per heavy atom. The van der Waals surface area contributed by atoms with E-state index in [2.05, 4.69) is 81.9 Å². The normalized spacial score (nSPS) is 11.5. The van der Waals surface area contributed by atoms with Crippen LogP contribution >= 0.6 is 0 Å². The SMILES string of the molecule is c1ccc2c(c1)ccn2CCNCc1c[nH]c2ccccc12. The summed E-state index contributed by atoms with van der Waals surface area (Å²) in [5.41, 5.74) is 3.83. The second kappa shape index (κ2) is 5.70. The molecule has 0 bridgehead atoms. The Labute approximate surface area is 129 Å². The van der Waals surface area contributed by atoms with Crippen LogP contribution in [-0.2, 0) is 13.1 Å². The average molecular weight is 289 g/mol. The topological polar surface area (TPSA) is 32.8 Å². The molecule has 0 saturated carbocycles. The van der Waals surface area contributed by atoms with Crippen LogP contribution < -0.4 is 5.32 Å². The predicted octanol–water partition coefficient (Wildman–Crippen LogP) is 3.91. The molecule has 0 saturated heterocycles. The number of benzene rings is 2. The van der Waals surface area contributed by atoms with Crippen LogP contribution in [0.2, 0.25) is 0 Å². The number of fused-ring (bicyclic) bond motifs is 2. The highest BCUT2D eigenvalue weighted by Crippen LogP contribution is 2.17. The Morgan fingerprint density at radius 3 is 2.82 bits per heavy atom. The number of H-pyrrole nitrogens is 1. The van der Waals surface area contributed by atoms with Crippen LogP contribution in [0.3, 0.4) is 0 Å². The number of nitrogens with zero attached hydrogens (tertiary/aromatic N) is 1. The highest BCUT2D eigenvalue weighted by molar-refractivity contribution is 5.83. The lowest BCUT2D eigenvalue weighted by Crippen LogP contribution is -2.19. The Bertz CT molecular complexity index is 825. The van der Waals surface area contributed by atoms with Gasteiger partial charge < -0.3 is 14.9 Å². The maximum atomic E-state index is 3.54. The summed E-state index contributed by atoms with van der Waals surface area (Å²) < 4.78 is 2.30. The van der Waals surface area contributed by atoms with Gasteiger partial charge in [0, 0.05) is 48.4 Å². The third-order valence-corrected chi connectivity index (χ3v) is 4.20. The van der Waals surface area contributed by atoms with Gasteiger partial charge in [-0.1, -0.05) is 36.4 Å². The monoisotopic (exact) mass is 289 g/mol. The zero-order valence-corrected chi connectivity index (χ0v) is 12.4. The quantitative estimate of drug-likeness (QED) is 0.536. The van der Waals surface area contributed by atoms with Gasteiger partial charge in [-0.2, -0.15) is 0 Å². The standard InChI is InChI=1S/C19H19N3/c1-4-8-19-15(5-1)9-11-22(19)12-10-20-13-16-14-21-18-7-3-2-6-17(16)18/h1-9,11,14,20-21H,10,12-13H2. The summed E-state index contributed by atoms with van der Waals surface area (Å²) in [4.78, 5) is 3.32. The van der Waals surface area contributed by atoms with E-state index in [1.807, 2.05) is 0 Å². The maximum absolute atomic E-state index is 3.54. The molecule has 3 nitrogen and oxygen atoms in total. The van der Waals surface area contributed by atoms with Crippen LogP contribution in [0.25, 0.3) is 21.8 Å². The number of nitrogens with one attached hydrogen (secondary N) is 2. The molecule has 110 valence electrons. The molecule has 0 aliphatic rings. The summed E-state index contributed by atoms with van der Waals surface area (Å²) in [5.74, 6) is 0. The van der Waals surface area contributed by atoms with Crippen molar-refractivity contribution >= 4 is 21.8 Å². The molecule has 0 radical (unpaired) electrons. The van der Waals surface area contributed by atoms with Gasteiger partial charge in [0.2, 0.25) is 0 Å². The van der Waals surface area contributed by atoms with E-state index in [9.17, 15) is 0 Å². The van der Waals surface area contributed by atoms with Crippen molar-refractivity contribution in [2.24, 2.45) is 0 Å². The number of para-hydroxylation sites is 2. The van der Waals surface area contributed by atoms with Crippen LogP contribution in [0, 0.1) is 0 Å². The number of aromatic nitrogens is 2. The lowest BCUT2D eigenvalue weighted by molar-refractivity contribution is 0.611. The van der Waals surface area contributed by atoms with Crippen LogP contribution in [0.1, 0.15) is 5.56 Å². The van der Waals surface area contributed by atoms with Crippen molar-refractivity contribution in [3.63, 3.8) is 0 Å². The first-order valence-electron chi connectivity index (χ1n) is 7.71. The largest absolute Gasteiger partial charge is 0.361 e. The molecule has 2 heterocycles. The highest BCUT2D eigenvalue weighted by Gasteiger charge is 2.03. The molecule has 0 aliphatic heterocycles. The van der Waals surface area contributed by atoms with Crippen molar-refractivity contribution in [3.05, 3.63) is 72.6 Å². The molecule has 0 aliphatic carbocycles. The molecule has 4 aromatic rings. The minimum absolute atomic E-state index is 0.892. The van der Waals surface area contributed by atoms with E-state index < -0.39 is 0 Å². The fourth-order valence-electron chi connectivity index (χ4n) is 3.04. The van der Waals surface area contributed by atoms with Gasteiger partial charge in [-0.05, 0) is 29.1 Å². The maximum Gasteiger partial charge on any atom is 0.0480 e. The van der Waals surface area contributed by atoms with Crippen molar-refractivity contribution in [1.29, 1.82) is 0 Å². The molecule has 0 amide bonds. The molecular weight excluding hydrogens is 270 g/mol. The predicted molar refractivity (Wildman–Crippen MR) is 91.9 cm³/mol. The van der Waals surface area contributed by atoms with Gasteiger partial charge in [0.05, 0.1) is 0 Å². The van der Waals surface area contributed by atoms with Gasteiger partial charge in [0.15, 0.2) is 0 Å². The van der Waals surface area contributed by atoms with E-state index in [0.717, 1.165) is 19.6 Å². The van der Waals surface area contributed by atoms with Crippen LogP contribution in [-0.4, -0.2) is 16.1 Å². The van der Waals surface area contributed by atoms with Gasteiger partial charge in [0.1, 0.15) is 0 Å². The van der Waals surface area contributed by atoms with Crippen LogP contribution in [0.15, 0.2) is 67.0 Å². The smallest absolute Gasteiger partial charge is 0.0480 e. The number of rotatable bonds is 5. The van der Waals surface area contributed by atoms with Crippen LogP contribution in [0.5, 0.6) is 0 Å². The zero-order chi connectivity index (χ0) is 14.8. The summed E-state index contributed by atoms with van der Waals surface area (Å²) in [6.45, 7) is 2.83. The molecule has 22 heavy (non-hydrogen) atoms. The lowest BCUT2D eigenvalue weighted by Gasteiger charge is -2.07. The third-order valence-electron chi connectivity index (χ3n) is 4.20. The molecule has 2 N–H and O–H groups in total. The summed E-state index contributed by atoms with van der Waals surface area (Å²) in [5, 5.41) is 6.15. The first-order chi connectivity index (χ1) is 10.9. The van der Waals surface area contributed by atoms with Gasteiger partial charge in [0.25, 0.3) is 0 Å². The fraction of sp³-hybridized carbons (Fsp3) is 0.158. The summed E-state index contributed by atoms with van der Waals surface area (Å²) >= 11 is 0.